The van der Waals surface area contributed by atoms with Crippen molar-refractivity contribution in [3.05, 3.63) is 33.8 Å². The van der Waals surface area contributed by atoms with Crippen LogP contribution < -0.4 is 11.6 Å². The number of hydrogen-bond donors (Lipinski definition) is 0. The van der Waals surface area contributed by atoms with E-state index in [4.69, 9.17) is 0 Å². The lowest BCUT2D eigenvalue weighted by Crippen LogP contribution is -1.86. The molecule has 0 N–H and O–H groups in total. The molecule has 6 nitrogen and oxygen atoms in total. The topological polar surface area (TPSA) is 86.7 Å². The summed E-state index contributed by atoms with van der Waals surface area (Å²) in [6, 6.07) is 0. The molecule has 6 heteroatoms. The second kappa shape index (κ2) is 2.26. The Hall–Kier alpha value is -1.98. The van der Waals surface area contributed by atoms with Crippen LogP contribution in [-0.4, -0.2) is 0 Å². The zero-order valence-electron chi connectivity index (χ0n) is 5.60. The van der Waals surface area contributed by atoms with Gasteiger partial charge in [-0.1, -0.05) is 0 Å². The first kappa shape index (κ1) is 6.71. The lowest BCUT2D eigenvalue weighted by Gasteiger charge is -1.78. The molecule has 2 rings (SSSR count). The summed E-state index contributed by atoms with van der Waals surface area (Å²) >= 11 is 0. The van der Waals surface area contributed by atoms with Crippen LogP contribution in [0.3, 0.4) is 0 Å². The quantitative estimate of drug-likeness (QED) is 0.617. The summed E-state index contributed by atoms with van der Waals surface area (Å²) in [7, 11) is 0. The predicted molar refractivity (Wildman–Crippen MR) is 33.5 cm³/mol. The zero-order chi connectivity index (χ0) is 8.55. The Labute approximate surface area is 64.0 Å². The van der Waals surface area contributed by atoms with E-state index >= 15 is 0 Å². The van der Waals surface area contributed by atoms with Crippen LogP contribution in [0.2, 0.25) is 0 Å². The van der Waals surface area contributed by atoms with Crippen molar-refractivity contribution in [2.24, 2.45) is 0 Å². The third kappa shape index (κ3) is 0.986. The van der Waals surface area contributed by atoms with Gasteiger partial charge in [0, 0.05) is 0 Å². The predicted octanol–water partition coefficient (Wildman–Crippen LogP) is 0.446. The van der Waals surface area contributed by atoms with Gasteiger partial charge in [0.1, 0.15) is 12.5 Å². The second-order valence-electron chi connectivity index (χ2n) is 1.90. The lowest BCUT2D eigenvalue weighted by molar-refractivity contribution is 0.374. The fourth-order valence-electron chi connectivity index (χ4n) is 0.696. The van der Waals surface area contributed by atoms with Crippen molar-refractivity contribution in [1.82, 2.24) is 0 Å². The Balaban J connectivity index is 2.57. The average molecular weight is 170 g/mol. The Kier molecular flexibility index (Phi) is 1.26. The zero-order valence-corrected chi connectivity index (χ0v) is 5.60. The summed E-state index contributed by atoms with van der Waals surface area (Å²) in [5.41, 5.74) is 0. The summed E-state index contributed by atoms with van der Waals surface area (Å²) in [5, 5.41) is 0. The number of rotatable bonds is 1. The largest absolute Gasteiger partial charge is 0.519 e. The highest BCUT2D eigenvalue weighted by atomic mass is 16.6. The molecule has 0 aliphatic carbocycles. The molecular formula is C6H2O6. The van der Waals surface area contributed by atoms with Gasteiger partial charge in [-0.2, -0.15) is 0 Å². The van der Waals surface area contributed by atoms with Crippen LogP contribution in [0, 0.1) is 0 Å². The molecule has 2 aromatic rings. The summed E-state index contributed by atoms with van der Waals surface area (Å²) in [6.07, 6.45) is 2.05. The SMILES string of the molecule is O=c1occ(-c2coc(=O)o2)o1. The monoisotopic (exact) mass is 170 g/mol. The molecule has 0 aromatic carbocycles. The molecule has 0 aliphatic rings. The van der Waals surface area contributed by atoms with Crippen molar-refractivity contribution >= 4 is 0 Å². The van der Waals surface area contributed by atoms with Gasteiger partial charge in [0.2, 0.25) is 11.5 Å². The summed E-state index contributed by atoms with van der Waals surface area (Å²) in [5.74, 6) is -1.70. The van der Waals surface area contributed by atoms with Crippen molar-refractivity contribution in [3.8, 4) is 11.5 Å². The van der Waals surface area contributed by atoms with Crippen LogP contribution in [0.4, 0.5) is 0 Å². The molecule has 0 fully saturated rings. The van der Waals surface area contributed by atoms with Gasteiger partial charge in [0.05, 0.1) is 0 Å². The maximum absolute atomic E-state index is 10.4. The van der Waals surface area contributed by atoms with Gasteiger partial charge in [0.25, 0.3) is 0 Å². The minimum atomic E-state index is -0.867. The van der Waals surface area contributed by atoms with Gasteiger partial charge >= 0.3 is 11.6 Å². The van der Waals surface area contributed by atoms with E-state index in [2.05, 4.69) is 17.7 Å². The first-order valence-corrected chi connectivity index (χ1v) is 2.93. The Morgan fingerprint density at radius 1 is 0.833 bits per heavy atom. The van der Waals surface area contributed by atoms with E-state index in [1.54, 1.807) is 0 Å². The van der Waals surface area contributed by atoms with Crippen molar-refractivity contribution in [2.75, 3.05) is 0 Å². The highest BCUT2D eigenvalue weighted by Gasteiger charge is 2.10. The summed E-state index contributed by atoms with van der Waals surface area (Å²) in [6.45, 7) is 0. The summed E-state index contributed by atoms with van der Waals surface area (Å²) < 4.78 is 17.5. The van der Waals surface area contributed by atoms with Gasteiger partial charge in [-0.25, -0.2) is 9.59 Å². The van der Waals surface area contributed by atoms with Crippen molar-refractivity contribution in [3.63, 3.8) is 0 Å². The molecule has 0 aliphatic heterocycles. The van der Waals surface area contributed by atoms with Crippen LogP contribution in [0.5, 0.6) is 0 Å². The van der Waals surface area contributed by atoms with E-state index in [1.165, 1.54) is 0 Å². The van der Waals surface area contributed by atoms with E-state index in [1.807, 2.05) is 0 Å². The van der Waals surface area contributed by atoms with Crippen LogP contribution in [0.15, 0.2) is 39.8 Å². The minimum absolute atomic E-state index is 0.0193. The van der Waals surface area contributed by atoms with Crippen LogP contribution in [0.1, 0.15) is 0 Å². The van der Waals surface area contributed by atoms with Gasteiger partial charge < -0.3 is 17.7 Å². The van der Waals surface area contributed by atoms with Crippen molar-refractivity contribution in [2.45, 2.75) is 0 Å². The molecule has 0 amide bonds. The van der Waals surface area contributed by atoms with Crippen molar-refractivity contribution in [1.29, 1.82) is 0 Å². The third-order valence-corrected chi connectivity index (χ3v) is 1.15. The van der Waals surface area contributed by atoms with E-state index in [9.17, 15) is 9.59 Å². The molecule has 0 saturated heterocycles. The van der Waals surface area contributed by atoms with Crippen LogP contribution in [0.25, 0.3) is 11.5 Å². The molecule has 0 spiro atoms. The van der Waals surface area contributed by atoms with Gasteiger partial charge in [0.15, 0.2) is 0 Å². The third-order valence-electron chi connectivity index (χ3n) is 1.15. The number of hydrogen-bond acceptors (Lipinski definition) is 6. The van der Waals surface area contributed by atoms with E-state index in [0.717, 1.165) is 12.5 Å². The summed E-state index contributed by atoms with van der Waals surface area (Å²) in [4.78, 5) is 20.8. The lowest BCUT2D eigenvalue weighted by atomic mass is 10.4. The standard InChI is InChI=1S/C6H2O6/c7-5-9-1-3(11-5)4-2-10-6(8)12-4/h1-2H. The Morgan fingerprint density at radius 2 is 1.25 bits per heavy atom. The fourth-order valence-corrected chi connectivity index (χ4v) is 0.696. The smallest absolute Gasteiger partial charge is 0.399 e. The Bertz CT molecular complexity index is 434. The highest BCUT2D eigenvalue weighted by molar-refractivity contribution is 5.43. The highest BCUT2D eigenvalue weighted by Crippen LogP contribution is 2.15. The van der Waals surface area contributed by atoms with E-state index < -0.39 is 11.6 Å². The Morgan fingerprint density at radius 3 is 1.50 bits per heavy atom. The van der Waals surface area contributed by atoms with Crippen LogP contribution in [-0.2, 0) is 0 Å². The molecule has 0 unspecified atom stereocenters. The maximum Gasteiger partial charge on any atom is 0.519 e. The fraction of sp³-hybridized carbons (Fsp3) is 0. The first-order valence-electron chi connectivity index (χ1n) is 2.93. The first-order chi connectivity index (χ1) is 5.75. The van der Waals surface area contributed by atoms with Crippen LogP contribution >= 0.6 is 0 Å². The van der Waals surface area contributed by atoms with E-state index in [0.29, 0.717) is 0 Å². The molecule has 2 aromatic heterocycles. The van der Waals surface area contributed by atoms with Gasteiger partial charge in [-0.15, -0.1) is 0 Å². The molecule has 2 heterocycles. The molecule has 0 atom stereocenters. The normalized spacial score (nSPS) is 10.3. The second-order valence-corrected chi connectivity index (χ2v) is 1.90. The van der Waals surface area contributed by atoms with Crippen molar-refractivity contribution < 1.29 is 17.7 Å². The molecule has 0 radical (unpaired) electrons. The van der Waals surface area contributed by atoms with Gasteiger partial charge in [-0.05, 0) is 0 Å². The molecule has 62 valence electrons. The maximum atomic E-state index is 10.4. The molecule has 12 heavy (non-hydrogen) atoms. The molecular weight excluding hydrogens is 168 g/mol. The minimum Gasteiger partial charge on any atom is -0.399 e. The average Bonchev–Trinajstić information content (AvgIpc) is 2.58. The van der Waals surface area contributed by atoms with E-state index in [-0.39, 0.29) is 11.5 Å². The molecule has 0 saturated carbocycles. The van der Waals surface area contributed by atoms with Gasteiger partial charge in [-0.3, -0.25) is 0 Å². The molecule has 0 bridgehead atoms.